The van der Waals surface area contributed by atoms with E-state index in [0.29, 0.717) is 0 Å². The van der Waals surface area contributed by atoms with Crippen LogP contribution in [0.2, 0.25) is 0 Å². The van der Waals surface area contributed by atoms with Gasteiger partial charge in [-0.15, -0.1) is 0 Å². The van der Waals surface area contributed by atoms with Crippen molar-refractivity contribution in [1.29, 1.82) is 0 Å². The molecular formula is C11H12F5O3P. The molecule has 0 saturated heterocycles. The lowest BCUT2D eigenvalue weighted by Crippen LogP contribution is -2.09. The lowest BCUT2D eigenvalue weighted by atomic mass is 10.2. The third kappa shape index (κ3) is 3.77. The molecule has 0 aliphatic heterocycles. The summed E-state index contributed by atoms with van der Waals surface area (Å²) in [6.45, 7) is 3.04. The van der Waals surface area contributed by atoms with Crippen LogP contribution in [0.15, 0.2) is 0 Å². The van der Waals surface area contributed by atoms with E-state index in [1.165, 1.54) is 13.8 Å². The molecule has 1 aromatic rings. The van der Waals surface area contributed by atoms with E-state index in [1.54, 1.807) is 0 Å². The van der Waals surface area contributed by atoms with Gasteiger partial charge in [-0.2, -0.15) is 0 Å². The van der Waals surface area contributed by atoms with Crippen molar-refractivity contribution in [3.63, 3.8) is 0 Å². The van der Waals surface area contributed by atoms with Crippen molar-refractivity contribution in [3.8, 4) is 0 Å². The molecule has 1 atom stereocenters. The van der Waals surface area contributed by atoms with Gasteiger partial charge in [0, 0.05) is 6.66 Å². The fourth-order valence-electron chi connectivity index (χ4n) is 1.37. The molecule has 3 nitrogen and oxygen atoms in total. The van der Waals surface area contributed by atoms with Crippen LogP contribution in [0.25, 0.3) is 0 Å². The van der Waals surface area contributed by atoms with E-state index in [9.17, 15) is 26.5 Å². The summed E-state index contributed by atoms with van der Waals surface area (Å²) in [6.07, 6.45) is -0.498. The minimum absolute atomic E-state index is 0.498. The molecule has 114 valence electrons. The zero-order valence-corrected chi connectivity index (χ0v) is 11.7. The summed E-state index contributed by atoms with van der Waals surface area (Å²) in [7, 11) is -3.67. The molecule has 0 spiro atoms. The monoisotopic (exact) mass is 318 g/mol. The molecule has 0 heterocycles. The summed E-state index contributed by atoms with van der Waals surface area (Å²) in [6, 6.07) is 0. The molecule has 0 bridgehead atoms. The summed E-state index contributed by atoms with van der Waals surface area (Å²) >= 11 is 0. The van der Waals surface area contributed by atoms with Crippen LogP contribution in [0.5, 0.6) is 0 Å². The van der Waals surface area contributed by atoms with Crippen molar-refractivity contribution in [2.75, 3.05) is 6.66 Å². The second-order valence-electron chi connectivity index (χ2n) is 4.25. The van der Waals surface area contributed by atoms with Gasteiger partial charge in [-0.25, -0.2) is 22.0 Å². The number of rotatable bonds is 5. The van der Waals surface area contributed by atoms with Gasteiger partial charge in [0.2, 0.25) is 5.82 Å². The Morgan fingerprint density at radius 3 is 1.75 bits per heavy atom. The second kappa shape index (κ2) is 6.20. The number of hydrogen-bond donors (Lipinski definition) is 0. The lowest BCUT2D eigenvalue weighted by molar-refractivity contribution is 0.164. The molecule has 1 rings (SSSR count). The Balaban J connectivity index is 3.03. The molecule has 0 radical (unpaired) electrons. The van der Waals surface area contributed by atoms with Gasteiger partial charge in [-0.3, -0.25) is 4.57 Å². The van der Waals surface area contributed by atoms with Gasteiger partial charge in [0.1, 0.15) is 0 Å². The van der Waals surface area contributed by atoms with E-state index in [0.717, 1.165) is 6.66 Å². The molecule has 0 aliphatic rings. The van der Waals surface area contributed by atoms with E-state index in [1.807, 2.05) is 0 Å². The first-order valence-corrected chi connectivity index (χ1v) is 7.46. The van der Waals surface area contributed by atoms with Gasteiger partial charge in [-0.1, -0.05) is 0 Å². The third-order valence-corrected chi connectivity index (χ3v) is 3.55. The Hall–Kier alpha value is -0.980. The molecule has 1 aromatic carbocycles. The van der Waals surface area contributed by atoms with Crippen LogP contribution in [0.3, 0.4) is 0 Å². The Labute approximate surface area is 112 Å². The maximum absolute atomic E-state index is 13.3. The number of halogens is 5. The molecule has 0 amide bonds. The van der Waals surface area contributed by atoms with E-state index in [-0.39, 0.29) is 0 Å². The highest BCUT2D eigenvalue weighted by Gasteiger charge is 2.28. The van der Waals surface area contributed by atoms with E-state index in [4.69, 9.17) is 4.52 Å². The van der Waals surface area contributed by atoms with Gasteiger partial charge in [0.15, 0.2) is 23.3 Å². The summed E-state index contributed by atoms with van der Waals surface area (Å²) in [4.78, 5) is 0. The van der Waals surface area contributed by atoms with E-state index < -0.39 is 55.0 Å². The Morgan fingerprint density at radius 2 is 1.35 bits per heavy atom. The average molecular weight is 318 g/mol. The van der Waals surface area contributed by atoms with Crippen molar-refractivity contribution in [2.24, 2.45) is 0 Å². The minimum atomic E-state index is -3.67. The Morgan fingerprint density at radius 1 is 0.950 bits per heavy atom. The highest BCUT2D eigenvalue weighted by atomic mass is 31.2. The predicted octanol–water partition coefficient (Wildman–Crippen LogP) is 4.15. The molecule has 0 N–H and O–H groups in total. The third-order valence-electron chi connectivity index (χ3n) is 2.15. The normalized spacial score (nSPS) is 14.7. The summed E-state index contributed by atoms with van der Waals surface area (Å²) < 4.78 is 86.4. The first-order valence-electron chi connectivity index (χ1n) is 5.47. The molecular weight excluding hydrogens is 306 g/mol. The first-order chi connectivity index (χ1) is 9.07. The Bertz CT molecular complexity index is 532. The highest BCUT2D eigenvalue weighted by molar-refractivity contribution is 7.52. The smallest absolute Gasteiger partial charge is 0.306 e. The fourth-order valence-corrected chi connectivity index (χ4v) is 2.56. The van der Waals surface area contributed by atoms with E-state index in [2.05, 4.69) is 4.52 Å². The SMILES string of the molecule is CC(C)OP(C)(=O)OCc1c(F)c(F)c(F)c(F)c1F. The molecule has 20 heavy (non-hydrogen) atoms. The highest BCUT2D eigenvalue weighted by Crippen LogP contribution is 2.46. The molecule has 9 heteroatoms. The maximum Gasteiger partial charge on any atom is 0.328 e. The fraction of sp³-hybridized carbons (Fsp3) is 0.455. The lowest BCUT2D eigenvalue weighted by Gasteiger charge is -2.17. The van der Waals surface area contributed by atoms with Crippen LogP contribution in [-0.2, 0) is 20.2 Å². The molecule has 1 unspecified atom stereocenters. The van der Waals surface area contributed by atoms with Crippen LogP contribution in [-0.4, -0.2) is 12.8 Å². The summed E-state index contributed by atoms with van der Waals surface area (Å²) in [5.41, 5.74) is -1.20. The van der Waals surface area contributed by atoms with Gasteiger partial charge in [0.05, 0.1) is 18.3 Å². The van der Waals surface area contributed by atoms with Crippen molar-refractivity contribution in [3.05, 3.63) is 34.6 Å². The van der Waals surface area contributed by atoms with Crippen LogP contribution in [0.4, 0.5) is 22.0 Å². The minimum Gasteiger partial charge on any atom is -0.306 e. The molecule has 0 aromatic heterocycles. The van der Waals surface area contributed by atoms with Crippen molar-refractivity contribution < 1.29 is 35.6 Å². The number of hydrogen-bond acceptors (Lipinski definition) is 3. The first kappa shape index (κ1) is 17.1. The maximum atomic E-state index is 13.3. The summed E-state index contributed by atoms with van der Waals surface area (Å²) in [5.74, 6) is -10.5. The Kier molecular flexibility index (Phi) is 5.29. The molecule has 0 fully saturated rings. The second-order valence-corrected chi connectivity index (χ2v) is 6.26. The van der Waals surface area contributed by atoms with E-state index >= 15 is 0 Å². The van der Waals surface area contributed by atoms with Crippen LogP contribution < -0.4 is 0 Å². The topological polar surface area (TPSA) is 35.5 Å². The van der Waals surface area contributed by atoms with Gasteiger partial charge >= 0.3 is 7.60 Å². The largest absolute Gasteiger partial charge is 0.328 e. The van der Waals surface area contributed by atoms with Gasteiger partial charge in [-0.05, 0) is 13.8 Å². The van der Waals surface area contributed by atoms with Gasteiger partial charge < -0.3 is 9.05 Å². The number of benzene rings is 1. The van der Waals surface area contributed by atoms with Crippen molar-refractivity contribution in [2.45, 2.75) is 26.6 Å². The zero-order valence-electron chi connectivity index (χ0n) is 10.8. The van der Waals surface area contributed by atoms with Gasteiger partial charge in [0.25, 0.3) is 0 Å². The average Bonchev–Trinajstić information content (AvgIpc) is 2.32. The van der Waals surface area contributed by atoms with Crippen LogP contribution >= 0.6 is 7.60 Å². The molecule has 0 aliphatic carbocycles. The quantitative estimate of drug-likeness (QED) is 0.354. The molecule has 0 saturated carbocycles. The van der Waals surface area contributed by atoms with Crippen molar-refractivity contribution >= 4 is 7.60 Å². The predicted molar refractivity (Wildman–Crippen MR) is 60.8 cm³/mol. The standard InChI is InChI=1S/C11H12F5O3P/c1-5(2)19-20(3,17)18-4-6-7(12)9(14)11(16)10(15)8(6)13/h5H,4H2,1-3H3. The van der Waals surface area contributed by atoms with Crippen LogP contribution in [0, 0.1) is 29.1 Å². The summed E-state index contributed by atoms with van der Waals surface area (Å²) in [5, 5.41) is 0. The zero-order chi connectivity index (χ0) is 15.7. The van der Waals surface area contributed by atoms with Crippen LogP contribution in [0.1, 0.15) is 19.4 Å². The van der Waals surface area contributed by atoms with Crippen molar-refractivity contribution in [1.82, 2.24) is 0 Å².